The highest BCUT2D eigenvalue weighted by atomic mass is 32.1. The maximum absolute atomic E-state index is 15.2. The minimum atomic E-state index is -2.24. The number of carbonyl (C=O) groups excluding carboxylic acids is 1. The number of aromatic hydroxyl groups is 1. The molecule has 2 heterocycles. The first kappa shape index (κ1) is 35.2. The van der Waals surface area contributed by atoms with Crippen LogP contribution in [0.4, 0.5) is 4.39 Å². The Balaban J connectivity index is 1.08. The first-order chi connectivity index (χ1) is 24.4. The molecule has 0 saturated carbocycles. The predicted octanol–water partition coefficient (Wildman–Crippen LogP) is 5.48. The third kappa shape index (κ3) is 7.30. The molecule has 0 bridgehead atoms. The van der Waals surface area contributed by atoms with Crippen molar-refractivity contribution in [3.63, 3.8) is 0 Å². The van der Waals surface area contributed by atoms with Crippen molar-refractivity contribution in [2.45, 2.75) is 31.7 Å². The molecule has 7 N–H and O–H groups in total. The number of pyridine rings is 1. The van der Waals surface area contributed by atoms with Crippen LogP contribution >= 0.6 is 11.3 Å². The summed E-state index contributed by atoms with van der Waals surface area (Å²) in [6, 6.07) is 27.1. The Morgan fingerprint density at radius 2 is 1.69 bits per heavy atom. The molecular weight excluding hydrogens is 674 g/mol. The number of H-pyrrole nitrogens is 1. The van der Waals surface area contributed by atoms with Gasteiger partial charge in [0.25, 0.3) is 5.91 Å². The molecule has 4 aromatic carbocycles. The number of nitrogens with one attached hydrogen (secondary N) is 3. The Morgan fingerprint density at radius 1 is 0.922 bits per heavy atom. The molecule has 0 aliphatic rings. The Kier molecular flexibility index (Phi) is 10.1. The first-order valence-electron chi connectivity index (χ1n) is 16.0. The van der Waals surface area contributed by atoms with Crippen molar-refractivity contribution in [3.05, 3.63) is 158 Å². The van der Waals surface area contributed by atoms with E-state index in [-0.39, 0.29) is 53.2 Å². The minimum absolute atomic E-state index is 0.100. The second kappa shape index (κ2) is 14.7. The number of aromatic amines is 1. The van der Waals surface area contributed by atoms with Crippen LogP contribution in [0.5, 0.6) is 5.75 Å². The summed E-state index contributed by atoms with van der Waals surface area (Å²) < 4.78 is 15.2. The molecule has 0 saturated heterocycles. The van der Waals surface area contributed by atoms with Gasteiger partial charge in [-0.15, -0.1) is 11.3 Å². The van der Waals surface area contributed by atoms with E-state index < -0.39 is 29.4 Å². The summed E-state index contributed by atoms with van der Waals surface area (Å²) in [5.74, 6) is -2.79. The van der Waals surface area contributed by atoms with Crippen LogP contribution in [0.1, 0.15) is 49.2 Å². The Labute approximate surface area is 295 Å². The molecule has 0 aliphatic heterocycles. The van der Waals surface area contributed by atoms with Gasteiger partial charge in [0.1, 0.15) is 11.6 Å². The normalized spacial score (nSPS) is 13.1. The molecule has 0 fully saturated rings. The van der Waals surface area contributed by atoms with Crippen molar-refractivity contribution in [1.82, 2.24) is 15.6 Å². The van der Waals surface area contributed by atoms with Crippen molar-refractivity contribution < 1.29 is 34.4 Å². The maximum Gasteiger partial charge on any atom is 0.345 e. The number of phenols is 1. The fourth-order valence-electron chi connectivity index (χ4n) is 5.97. The standard InChI is InChI=1S/C39H34FN3O7S/c1-22-16-30(31(40)18-24(22)19-41-21-33(45)28-11-13-32(44)36-29(28)12-15-35(46)43-36)37(47)42-20-27-10-14-34(51-27)23-6-5-9-26(17-23)39(50,38(48)49)25-7-3-2-4-8-25/h2-18,33,41,44-45,50H,19-21H2,1H3,(H,42,47)(H,43,46)(H,48,49). The molecule has 6 aromatic rings. The monoisotopic (exact) mass is 707 g/mol. The van der Waals surface area contributed by atoms with Crippen molar-refractivity contribution in [1.29, 1.82) is 0 Å². The van der Waals surface area contributed by atoms with Gasteiger partial charge in [-0.25, -0.2) is 9.18 Å². The van der Waals surface area contributed by atoms with E-state index >= 15 is 4.39 Å². The summed E-state index contributed by atoms with van der Waals surface area (Å²) >= 11 is 1.37. The van der Waals surface area contributed by atoms with Gasteiger partial charge >= 0.3 is 5.97 Å². The average Bonchev–Trinajstić information content (AvgIpc) is 3.61. The zero-order chi connectivity index (χ0) is 36.3. The lowest BCUT2D eigenvalue weighted by Crippen LogP contribution is -2.36. The number of phenolic OH excluding ortho intramolecular Hbond substituents is 1. The third-order valence-electron chi connectivity index (χ3n) is 8.74. The van der Waals surface area contributed by atoms with E-state index in [2.05, 4.69) is 15.6 Å². The number of aliphatic hydroxyl groups excluding tert-OH is 1. The number of aryl methyl sites for hydroxylation is 1. The number of aliphatic hydroxyl groups is 2. The number of amides is 1. The van der Waals surface area contributed by atoms with Crippen LogP contribution in [-0.4, -0.2) is 43.8 Å². The van der Waals surface area contributed by atoms with E-state index in [0.29, 0.717) is 27.6 Å². The van der Waals surface area contributed by atoms with Crippen LogP contribution in [0, 0.1) is 12.7 Å². The quantitative estimate of drug-likeness (QED) is 0.0876. The maximum atomic E-state index is 15.2. The molecule has 12 heteroatoms. The van der Waals surface area contributed by atoms with Crippen LogP contribution in [0.15, 0.2) is 108 Å². The van der Waals surface area contributed by atoms with Gasteiger partial charge in [-0.3, -0.25) is 9.59 Å². The second-order valence-corrected chi connectivity index (χ2v) is 13.3. The third-order valence-corrected chi connectivity index (χ3v) is 9.87. The molecule has 0 radical (unpaired) electrons. The molecule has 51 heavy (non-hydrogen) atoms. The van der Waals surface area contributed by atoms with Crippen molar-refractivity contribution in [3.8, 4) is 16.2 Å². The van der Waals surface area contributed by atoms with Gasteiger partial charge in [0.15, 0.2) is 0 Å². The number of thiophene rings is 1. The number of carbonyl (C=O) groups is 2. The average molecular weight is 708 g/mol. The fourth-order valence-corrected chi connectivity index (χ4v) is 6.92. The lowest BCUT2D eigenvalue weighted by molar-refractivity contribution is -0.155. The minimum Gasteiger partial charge on any atom is -0.506 e. The van der Waals surface area contributed by atoms with Gasteiger partial charge in [-0.05, 0) is 77.2 Å². The first-order valence-corrected chi connectivity index (χ1v) is 16.8. The molecule has 2 unspecified atom stereocenters. The van der Waals surface area contributed by atoms with E-state index in [1.54, 1.807) is 67.6 Å². The lowest BCUT2D eigenvalue weighted by Gasteiger charge is -2.25. The largest absolute Gasteiger partial charge is 0.506 e. The van der Waals surface area contributed by atoms with Crippen molar-refractivity contribution in [2.24, 2.45) is 0 Å². The van der Waals surface area contributed by atoms with E-state index in [0.717, 1.165) is 9.75 Å². The number of halogens is 1. The van der Waals surface area contributed by atoms with Gasteiger partial charge in [-0.2, -0.15) is 0 Å². The highest BCUT2D eigenvalue weighted by Crippen LogP contribution is 2.35. The zero-order valence-corrected chi connectivity index (χ0v) is 28.1. The van der Waals surface area contributed by atoms with Crippen LogP contribution in [0.25, 0.3) is 21.3 Å². The van der Waals surface area contributed by atoms with Crippen LogP contribution < -0.4 is 16.2 Å². The summed E-state index contributed by atoms with van der Waals surface area (Å²) in [4.78, 5) is 41.1. The van der Waals surface area contributed by atoms with Crippen LogP contribution in [-0.2, 0) is 23.5 Å². The summed E-state index contributed by atoms with van der Waals surface area (Å²) in [5.41, 5.74) is 0.391. The summed E-state index contributed by atoms with van der Waals surface area (Å²) in [7, 11) is 0. The molecule has 2 aromatic heterocycles. The Hall–Kier alpha value is -5.66. The fraction of sp³-hybridized carbons (Fsp3) is 0.154. The topological polar surface area (TPSA) is 172 Å². The Morgan fingerprint density at radius 3 is 2.45 bits per heavy atom. The Bertz CT molecular complexity index is 2310. The number of benzene rings is 4. The number of aromatic nitrogens is 1. The van der Waals surface area contributed by atoms with Crippen LogP contribution in [0.2, 0.25) is 0 Å². The zero-order valence-electron chi connectivity index (χ0n) is 27.3. The lowest BCUT2D eigenvalue weighted by atomic mass is 9.85. The van der Waals surface area contributed by atoms with Crippen molar-refractivity contribution >= 4 is 34.1 Å². The molecule has 0 aliphatic carbocycles. The number of rotatable bonds is 12. The smallest absolute Gasteiger partial charge is 0.345 e. The number of fused-ring (bicyclic) bond motifs is 1. The molecular formula is C39H34FN3O7S. The van der Waals surface area contributed by atoms with Gasteiger partial charge in [0, 0.05) is 39.9 Å². The van der Waals surface area contributed by atoms with Gasteiger partial charge < -0.3 is 36.0 Å². The summed E-state index contributed by atoms with van der Waals surface area (Å²) in [6.45, 7) is 2.20. The molecule has 0 spiro atoms. The summed E-state index contributed by atoms with van der Waals surface area (Å²) in [5, 5.41) is 48.5. The van der Waals surface area contributed by atoms with E-state index in [4.69, 9.17) is 0 Å². The number of carboxylic acid groups (broad SMARTS) is 1. The van der Waals surface area contributed by atoms with E-state index in [1.807, 2.05) is 12.1 Å². The second-order valence-electron chi connectivity index (χ2n) is 12.1. The SMILES string of the molecule is Cc1cc(C(=O)NCc2ccc(-c3cccc(C(O)(C(=O)O)c4ccccc4)c3)s2)c(F)cc1CNCC(O)c1ccc(O)c2[nH]c(=O)ccc12. The highest BCUT2D eigenvalue weighted by molar-refractivity contribution is 7.15. The van der Waals surface area contributed by atoms with Crippen molar-refractivity contribution in [2.75, 3.05) is 6.54 Å². The van der Waals surface area contributed by atoms with Crippen LogP contribution in [0.3, 0.4) is 0 Å². The number of hydrogen-bond acceptors (Lipinski definition) is 8. The molecule has 2 atom stereocenters. The highest BCUT2D eigenvalue weighted by Gasteiger charge is 2.40. The number of hydrogen-bond donors (Lipinski definition) is 7. The van der Waals surface area contributed by atoms with E-state index in [1.165, 1.54) is 41.7 Å². The molecule has 1 amide bonds. The van der Waals surface area contributed by atoms with Gasteiger partial charge in [0.2, 0.25) is 11.2 Å². The van der Waals surface area contributed by atoms with Gasteiger partial charge in [0.05, 0.1) is 23.7 Å². The molecule has 10 nitrogen and oxygen atoms in total. The van der Waals surface area contributed by atoms with Gasteiger partial charge in [-0.1, -0.05) is 54.6 Å². The molecule has 6 rings (SSSR count). The van der Waals surface area contributed by atoms with E-state index in [9.17, 15) is 34.8 Å². The predicted molar refractivity (Wildman–Crippen MR) is 192 cm³/mol. The number of aliphatic carboxylic acids is 1. The summed E-state index contributed by atoms with van der Waals surface area (Å²) in [6.07, 6.45) is -0.988. The number of carboxylic acids is 1. The molecule has 260 valence electrons.